The minimum atomic E-state index is 0.571. The Kier molecular flexibility index (Phi) is 3.75. The van der Waals surface area contributed by atoms with Crippen LogP contribution in [0.3, 0.4) is 0 Å². The van der Waals surface area contributed by atoms with E-state index in [4.69, 9.17) is 10.00 Å². The summed E-state index contributed by atoms with van der Waals surface area (Å²) in [6.45, 7) is 6.15. The Morgan fingerprint density at radius 3 is 3.00 bits per heavy atom. The highest BCUT2D eigenvalue weighted by Crippen LogP contribution is 2.19. The van der Waals surface area contributed by atoms with Crippen LogP contribution in [-0.2, 0) is 0 Å². The maximum absolute atomic E-state index is 8.82. The lowest BCUT2D eigenvalue weighted by molar-refractivity contribution is 0.324. The fourth-order valence-corrected chi connectivity index (χ4v) is 1.09. The summed E-state index contributed by atoms with van der Waals surface area (Å²) in [5.74, 6) is 0.661. The largest absolute Gasteiger partial charge is 0.492 e. The van der Waals surface area contributed by atoms with E-state index < -0.39 is 0 Å². The van der Waals surface area contributed by atoms with Crippen molar-refractivity contribution in [1.82, 2.24) is 0 Å². The number of benzene rings is 1. The lowest BCUT2D eigenvalue weighted by Gasteiger charge is -2.06. The molecular weight excluding hydrogens is 174 g/mol. The molecule has 0 heterocycles. The van der Waals surface area contributed by atoms with Gasteiger partial charge in [0.15, 0.2) is 0 Å². The van der Waals surface area contributed by atoms with E-state index in [0.29, 0.717) is 17.9 Å². The van der Waals surface area contributed by atoms with Crippen molar-refractivity contribution >= 4 is 0 Å². The van der Waals surface area contributed by atoms with Gasteiger partial charge >= 0.3 is 0 Å². The van der Waals surface area contributed by atoms with Crippen LogP contribution in [0.2, 0.25) is 0 Å². The quantitative estimate of drug-likeness (QED) is 0.536. The van der Waals surface area contributed by atoms with Crippen molar-refractivity contribution < 1.29 is 4.74 Å². The summed E-state index contributed by atoms with van der Waals surface area (Å²) >= 11 is 0. The Hall–Kier alpha value is -1.75. The maximum atomic E-state index is 8.82. The molecule has 0 bridgehead atoms. The van der Waals surface area contributed by atoms with Gasteiger partial charge in [0, 0.05) is 0 Å². The molecule has 0 aliphatic rings. The van der Waals surface area contributed by atoms with Crippen molar-refractivity contribution in [3.8, 4) is 11.8 Å². The van der Waals surface area contributed by atoms with Gasteiger partial charge in [-0.2, -0.15) is 5.26 Å². The second-order valence-corrected chi connectivity index (χ2v) is 3.04. The SMILES string of the molecule is C=CCCOc1cc(C)ccc1C#N. The van der Waals surface area contributed by atoms with Crippen molar-refractivity contribution in [2.45, 2.75) is 13.3 Å². The second kappa shape index (κ2) is 5.08. The monoisotopic (exact) mass is 187 g/mol. The van der Waals surface area contributed by atoms with E-state index in [-0.39, 0.29) is 0 Å². The van der Waals surface area contributed by atoms with Crippen LogP contribution in [0.1, 0.15) is 17.5 Å². The molecule has 1 aromatic carbocycles. The number of hydrogen-bond acceptors (Lipinski definition) is 2. The Labute approximate surface area is 84.4 Å². The minimum Gasteiger partial charge on any atom is -0.492 e. The van der Waals surface area contributed by atoms with Crippen LogP contribution in [0, 0.1) is 18.3 Å². The molecule has 1 rings (SSSR count). The van der Waals surface area contributed by atoms with Crippen LogP contribution in [-0.4, -0.2) is 6.61 Å². The first-order valence-corrected chi connectivity index (χ1v) is 4.52. The Bertz CT molecular complexity index is 363. The standard InChI is InChI=1S/C12H13NO/c1-3-4-7-14-12-8-10(2)5-6-11(12)9-13/h3,5-6,8H,1,4,7H2,2H3. The number of nitrogens with zero attached hydrogens (tertiary/aromatic N) is 1. The zero-order valence-corrected chi connectivity index (χ0v) is 8.29. The summed E-state index contributed by atoms with van der Waals surface area (Å²) in [7, 11) is 0. The number of hydrogen-bond donors (Lipinski definition) is 0. The lowest BCUT2D eigenvalue weighted by Crippen LogP contribution is -1.97. The minimum absolute atomic E-state index is 0.571. The van der Waals surface area contributed by atoms with Crippen molar-refractivity contribution in [2.24, 2.45) is 0 Å². The van der Waals surface area contributed by atoms with Crippen LogP contribution in [0.15, 0.2) is 30.9 Å². The molecule has 1 aromatic rings. The molecule has 0 N–H and O–H groups in total. The van der Waals surface area contributed by atoms with Gasteiger partial charge in [0.05, 0.1) is 12.2 Å². The smallest absolute Gasteiger partial charge is 0.137 e. The van der Waals surface area contributed by atoms with E-state index in [1.807, 2.05) is 19.1 Å². The van der Waals surface area contributed by atoms with E-state index in [2.05, 4.69) is 12.6 Å². The van der Waals surface area contributed by atoms with Crippen molar-refractivity contribution in [1.29, 1.82) is 5.26 Å². The fourth-order valence-electron chi connectivity index (χ4n) is 1.09. The molecule has 2 nitrogen and oxygen atoms in total. The Morgan fingerprint density at radius 1 is 1.57 bits per heavy atom. The molecule has 72 valence electrons. The molecule has 0 amide bonds. The fraction of sp³-hybridized carbons (Fsp3) is 0.250. The molecule has 0 aliphatic carbocycles. The van der Waals surface area contributed by atoms with Gasteiger partial charge in [-0.15, -0.1) is 6.58 Å². The summed E-state index contributed by atoms with van der Waals surface area (Å²) in [6, 6.07) is 7.65. The molecule has 0 atom stereocenters. The molecule has 0 saturated heterocycles. The van der Waals surface area contributed by atoms with Crippen LogP contribution < -0.4 is 4.74 Å². The third-order valence-corrected chi connectivity index (χ3v) is 1.84. The number of aryl methyl sites for hydroxylation is 1. The number of nitriles is 1. The predicted molar refractivity (Wildman–Crippen MR) is 56.2 cm³/mol. The first kappa shape index (κ1) is 10.3. The van der Waals surface area contributed by atoms with E-state index in [0.717, 1.165) is 12.0 Å². The summed E-state index contributed by atoms with van der Waals surface area (Å²) in [4.78, 5) is 0. The molecular formula is C12H13NO. The van der Waals surface area contributed by atoms with Crippen LogP contribution in [0.25, 0.3) is 0 Å². The van der Waals surface area contributed by atoms with E-state index in [1.54, 1.807) is 12.1 Å². The Balaban J connectivity index is 2.78. The predicted octanol–water partition coefficient (Wildman–Crippen LogP) is 2.82. The first-order valence-electron chi connectivity index (χ1n) is 4.52. The third-order valence-electron chi connectivity index (χ3n) is 1.84. The summed E-state index contributed by atoms with van der Waals surface area (Å²) < 4.78 is 5.46. The first-order chi connectivity index (χ1) is 6.77. The van der Waals surface area contributed by atoms with Crippen LogP contribution >= 0.6 is 0 Å². The summed E-state index contributed by atoms with van der Waals surface area (Å²) in [6.07, 6.45) is 2.58. The molecule has 0 spiro atoms. The Morgan fingerprint density at radius 2 is 2.36 bits per heavy atom. The number of ether oxygens (including phenoxy) is 1. The highest BCUT2D eigenvalue weighted by molar-refractivity contribution is 5.44. The third kappa shape index (κ3) is 2.63. The van der Waals surface area contributed by atoms with Gasteiger partial charge in [-0.25, -0.2) is 0 Å². The van der Waals surface area contributed by atoms with Crippen molar-refractivity contribution in [3.63, 3.8) is 0 Å². The molecule has 0 unspecified atom stereocenters. The van der Waals surface area contributed by atoms with E-state index >= 15 is 0 Å². The zero-order chi connectivity index (χ0) is 10.4. The lowest BCUT2D eigenvalue weighted by atomic mass is 10.1. The molecule has 0 radical (unpaired) electrons. The second-order valence-electron chi connectivity index (χ2n) is 3.04. The van der Waals surface area contributed by atoms with Crippen molar-refractivity contribution in [3.05, 3.63) is 42.0 Å². The summed E-state index contributed by atoms with van der Waals surface area (Å²) in [5.41, 5.74) is 1.68. The van der Waals surface area contributed by atoms with Gasteiger partial charge in [0.2, 0.25) is 0 Å². The van der Waals surface area contributed by atoms with Gasteiger partial charge in [0.1, 0.15) is 11.8 Å². The van der Waals surface area contributed by atoms with Crippen LogP contribution in [0.4, 0.5) is 0 Å². The van der Waals surface area contributed by atoms with Gasteiger partial charge < -0.3 is 4.74 Å². The van der Waals surface area contributed by atoms with Crippen molar-refractivity contribution in [2.75, 3.05) is 6.61 Å². The normalized spacial score (nSPS) is 9.14. The van der Waals surface area contributed by atoms with E-state index in [9.17, 15) is 0 Å². The van der Waals surface area contributed by atoms with Gasteiger partial charge in [0.25, 0.3) is 0 Å². The van der Waals surface area contributed by atoms with Gasteiger partial charge in [-0.1, -0.05) is 12.1 Å². The molecule has 0 saturated carbocycles. The van der Waals surface area contributed by atoms with Crippen LogP contribution in [0.5, 0.6) is 5.75 Å². The highest BCUT2D eigenvalue weighted by Gasteiger charge is 2.02. The molecule has 0 aliphatic heterocycles. The highest BCUT2D eigenvalue weighted by atomic mass is 16.5. The molecule has 0 aromatic heterocycles. The van der Waals surface area contributed by atoms with Gasteiger partial charge in [-0.3, -0.25) is 0 Å². The number of rotatable bonds is 4. The summed E-state index contributed by atoms with van der Waals surface area (Å²) in [5, 5.41) is 8.82. The molecule has 14 heavy (non-hydrogen) atoms. The average molecular weight is 187 g/mol. The topological polar surface area (TPSA) is 33.0 Å². The molecule has 2 heteroatoms. The van der Waals surface area contributed by atoms with E-state index in [1.165, 1.54) is 0 Å². The maximum Gasteiger partial charge on any atom is 0.137 e. The van der Waals surface area contributed by atoms with Gasteiger partial charge in [-0.05, 0) is 31.0 Å². The zero-order valence-electron chi connectivity index (χ0n) is 8.29. The average Bonchev–Trinajstić information content (AvgIpc) is 2.19. The molecule has 0 fully saturated rings.